The molecule has 2 N–H and O–H groups in total. The molecule has 3 aromatic rings. The third-order valence-electron chi connectivity index (χ3n) is 5.48. The van der Waals surface area contributed by atoms with E-state index in [4.69, 9.17) is 0 Å². The van der Waals surface area contributed by atoms with Gasteiger partial charge in [0.2, 0.25) is 5.91 Å². The fourth-order valence-corrected chi connectivity index (χ4v) is 4.36. The first kappa shape index (κ1) is 15.7. The molecule has 1 saturated heterocycles. The van der Waals surface area contributed by atoms with E-state index in [1.54, 1.807) is 17.3 Å². The number of fused-ring (bicyclic) bond motifs is 2. The van der Waals surface area contributed by atoms with Gasteiger partial charge in [-0.15, -0.1) is 0 Å². The summed E-state index contributed by atoms with van der Waals surface area (Å²) in [6, 6.07) is 10.9. The van der Waals surface area contributed by atoms with Gasteiger partial charge in [-0.05, 0) is 29.7 Å². The highest BCUT2D eigenvalue weighted by molar-refractivity contribution is 6.08. The van der Waals surface area contributed by atoms with Crippen molar-refractivity contribution in [3.8, 4) is 0 Å². The number of amides is 2. The third kappa shape index (κ3) is 2.13. The first-order valence-electron chi connectivity index (χ1n) is 8.69. The summed E-state index contributed by atoms with van der Waals surface area (Å²) in [6.45, 7) is 0.438. The van der Waals surface area contributed by atoms with Gasteiger partial charge in [-0.25, -0.2) is 0 Å². The summed E-state index contributed by atoms with van der Waals surface area (Å²) in [6.07, 6.45) is 5.32. The summed E-state index contributed by atoms with van der Waals surface area (Å²) in [5.41, 5.74) is 1.91. The Balaban J connectivity index is 1.69. The number of hydrogen-bond acceptors (Lipinski definition) is 5. The van der Waals surface area contributed by atoms with E-state index in [0.717, 1.165) is 16.8 Å². The Bertz CT molecular complexity index is 1020. The van der Waals surface area contributed by atoms with Gasteiger partial charge in [-0.2, -0.15) is 15.4 Å². The molecule has 0 radical (unpaired) electrons. The molecule has 1 aromatic carbocycles. The summed E-state index contributed by atoms with van der Waals surface area (Å²) >= 11 is 0. The van der Waals surface area contributed by atoms with Gasteiger partial charge in [-0.1, -0.05) is 24.3 Å². The highest BCUT2D eigenvalue weighted by Crippen LogP contribution is 2.54. The second kappa shape index (κ2) is 5.73. The molecule has 0 aliphatic carbocycles. The van der Waals surface area contributed by atoms with Gasteiger partial charge < -0.3 is 10.2 Å². The van der Waals surface area contributed by atoms with E-state index in [1.165, 1.54) is 6.20 Å². The predicted octanol–water partition coefficient (Wildman–Crippen LogP) is 1.68. The number of para-hydroxylation sites is 1. The maximum Gasteiger partial charge on any atom is 0.276 e. The number of nitrogens with one attached hydrogen (secondary N) is 2. The molecular formula is C19H16N6O2. The van der Waals surface area contributed by atoms with Crippen molar-refractivity contribution >= 4 is 17.5 Å². The minimum absolute atomic E-state index is 0.0898. The molecule has 2 unspecified atom stereocenters. The van der Waals surface area contributed by atoms with Crippen LogP contribution in [0.1, 0.15) is 34.1 Å². The molecule has 0 bridgehead atoms. The van der Waals surface area contributed by atoms with Crippen LogP contribution in [0.4, 0.5) is 5.69 Å². The van der Waals surface area contributed by atoms with E-state index in [9.17, 15) is 9.59 Å². The van der Waals surface area contributed by atoms with Gasteiger partial charge in [0.25, 0.3) is 5.91 Å². The van der Waals surface area contributed by atoms with Crippen LogP contribution in [0.5, 0.6) is 0 Å². The Morgan fingerprint density at radius 2 is 2.07 bits per heavy atom. The summed E-state index contributed by atoms with van der Waals surface area (Å²) in [4.78, 5) is 32.2. The van der Waals surface area contributed by atoms with Gasteiger partial charge in [0, 0.05) is 24.6 Å². The summed E-state index contributed by atoms with van der Waals surface area (Å²) in [7, 11) is 0. The van der Waals surface area contributed by atoms with Crippen LogP contribution < -0.4 is 5.32 Å². The molecule has 2 aromatic heterocycles. The number of aromatic amines is 1. The molecule has 8 nitrogen and oxygen atoms in total. The predicted molar refractivity (Wildman–Crippen MR) is 95.8 cm³/mol. The molecule has 2 aliphatic rings. The second-order valence-corrected chi connectivity index (χ2v) is 6.76. The SMILES string of the molecule is O=C(c1cn[nH]n1)N1CCC2(C(=O)Nc3ccccc32)C1c1cccnc1. The maximum absolute atomic E-state index is 13.2. The lowest BCUT2D eigenvalue weighted by Crippen LogP contribution is -2.42. The van der Waals surface area contributed by atoms with Crippen molar-refractivity contribution in [2.24, 2.45) is 0 Å². The molecule has 27 heavy (non-hydrogen) atoms. The van der Waals surface area contributed by atoms with Crippen LogP contribution in [0, 0.1) is 0 Å². The number of carbonyl (C=O) groups is 2. The lowest BCUT2D eigenvalue weighted by molar-refractivity contribution is -0.121. The number of nitrogens with zero attached hydrogens (tertiary/aromatic N) is 4. The Morgan fingerprint density at radius 1 is 1.19 bits per heavy atom. The summed E-state index contributed by atoms with van der Waals surface area (Å²) in [5.74, 6) is -0.348. The maximum atomic E-state index is 13.2. The van der Waals surface area contributed by atoms with E-state index in [1.807, 2.05) is 36.4 Å². The van der Waals surface area contributed by atoms with Crippen molar-refractivity contribution in [3.05, 3.63) is 71.8 Å². The minimum Gasteiger partial charge on any atom is -0.329 e. The van der Waals surface area contributed by atoms with Crippen LogP contribution in [0.3, 0.4) is 0 Å². The van der Waals surface area contributed by atoms with Crippen molar-refractivity contribution in [3.63, 3.8) is 0 Å². The zero-order chi connectivity index (χ0) is 18.4. The topological polar surface area (TPSA) is 104 Å². The lowest BCUT2D eigenvalue weighted by atomic mass is 9.73. The third-order valence-corrected chi connectivity index (χ3v) is 5.48. The lowest BCUT2D eigenvalue weighted by Gasteiger charge is -2.33. The van der Waals surface area contributed by atoms with E-state index in [-0.39, 0.29) is 17.5 Å². The monoisotopic (exact) mass is 360 g/mol. The molecule has 2 atom stereocenters. The molecule has 0 saturated carbocycles. The zero-order valence-corrected chi connectivity index (χ0v) is 14.3. The molecule has 5 rings (SSSR count). The van der Waals surface area contributed by atoms with Crippen LogP contribution in [0.2, 0.25) is 0 Å². The number of rotatable bonds is 2. The molecule has 4 heterocycles. The first-order valence-corrected chi connectivity index (χ1v) is 8.69. The number of benzene rings is 1. The Morgan fingerprint density at radius 3 is 2.85 bits per heavy atom. The highest BCUT2D eigenvalue weighted by Gasteiger charge is 2.59. The highest BCUT2D eigenvalue weighted by atomic mass is 16.2. The van der Waals surface area contributed by atoms with E-state index in [0.29, 0.717) is 13.0 Å². The number of pyridine rings is 1. The first-order chi connectivity index (χ1) is 13.2. The van der Waals surface area contributed by atoms with Crippen LogP contribution in [-0.2, 0) is 10.2 Å². The Labute approximate surface area is 154 Å². The van der Waals surface area contributed by atoms with Crippen molar-refractivity contribution in [2.75, 3.05) is 11.9 Å². The van der Waals surface area contributed by atoms with Crippen LogP contribution in [-0.4, -0.2) is 43.7 Å². The van der Waals surface area contributed by atoms with Crippen LogP contribution in [0.25, 0.3) is 0 Å². The van der Waals surface area contributed by atoms with Crippen molar-refractivity contribution in [1.82, 2.24) is 25.3 Å². The van der Waals surface area contributed by atoms with Crippen molar-refractivity contribution in [2.45, 2.75) is 17.9 Å². The molecule has 2 aliphatic heterocycles. The molecule has 134 valence electrons. The minimum atomic E-state index is -0.848. The number of aromatic nitrogens is 4. The van der Waals surface area contributed by atoms with Gasteiger partial charge in [0.1, 0.15) is 5.41 Å². The van der Waals surface area contributed by atoms with Crippen molar-refractivity contribution < 1.29 is 9.59 Å². The van der Waals surface area contributed by atoms with Gasteiger partial charge in [-0.3, -0.25) is 14.6 Å². The summed E-state index contributed by atoms with van der Waals surface area (Å²) in [5, 5.41) is 13.1. The number of anilines is 1. The largest absolute Gasteiger partial charge is 0.329 e. The van der Waals surface area contributed by atoms with Gasteiger partial charge >= 0.3 is 0 Å². The molecule has 1 fully saturated rings. The van der Waals surface area contributed by atoms with E-state index >= 15 is 0 Å². The Hall–Kier alpha value is -3.55. The fraction of sp³-hybridized carbons (Fsp3) is 0.211. The smallest absolute Gasteiger partial charge is 0.276 e. The fourth-order valence-electron chi connectivity index (χ4n) is 4.36. The standard InChI is InChI=1S/C19H16N6O2/c26-17(15-11-21-24-23-15)25-9-7-19(16(25)12-4-3-8-20-10-12)13-5-1-2-6-14(13)22-18(19)27/h1-6,8,10-11,16H,7,9H2,(H,22,27)(H,21,23,24). The van der Waals surface area contributed by atoms with Gasteiger partial charge in [0.15, 0.2) is 5.69 Å². The number of hydrogen-bond donors (Lipinski definition) is 2. The quantitative estimate of drug-likeness (QED) is 0.724. The molecular weight excluding hydrogens is 344 g/mol. The van der Waals surface area contributed by atoms with E-state index in [2.05, 4.69) is 25.7 Å². The van der Waals surface area contributed by atoms with Crippen LogP contribution in [0.15, 0.2) is 55.0 Å². The average Bonchev–Trinajstić information content (AvgIpc) is 3.42. The number of carbonyl (C=O) groups excluding carboxylic acids is 2. The number of likely N-dealkylation sites (tertiary alicyclic amines) is 1. The normalized spacial score (nSPS) is 23.5. The molecule has 1 spiro atoms. The average molecular weight is 360 g/mol. The second-order valence-electron chi connectivity index (χ2n) is 6.76. The summed E-state index contributed by atoms with van der Waals surface area (Å²) < 4.78 is 0. The Kier molecular flexibility index (Phi) is 3.33. The van der Waals surface area contributed by atoms with Crippen molar-refractivity contribution in [1.29, 1.82) is 0 Å². The molecule has 8 heteroatoms. The zero-order valence-electron chi connectivity index (χ0n) is 14.3. The molecule has 2 amide bonds. The van der Waals surface area contributed by atoms with Gasteiger partial charge in [0.05, 0.1) is 12.2 Å². The van der Waals surface area contributed by atoms with E-state index < -0.39 is 11.5 Å². The van der Waals surface area contributed by atoms with Crippen LogP contribution >= 0.6 is 0 Å². The number of H-pyrrole nitrogens is 1.